The van der Waals surface area contributed by atoms with Gasteiger partial charge in [-0.05, 0) is 37.8 Å². The number of para-hydroxylation sites is 1. The Labute approximate surface area is 128 Å². The number of likely N-dealkylation sites (tertiary alicyclic amines) is 1. The number of carbonyl (C=O) groups excluding carboxylic acids is 1. The number of aliphatic carboxylic acids is 1. The molecular formula is C16H20FNO4. The molecule has 5 nitrogen and oxygen atoms in total. The highest BCUT2D eigenvalue weighted by Crippen LogP contribution is 2.22. The number of carboxylic acids is 1. The Bertz CT molecular complexity index is 541. The Morgan fingerprint density at radius 1 is 1.36 bits per heavy atom. The van der Waals surface area contributed by atoms with Crippen molar-refractivity contribution in [2.75, 3.05) is 13.1 Å². The van der Waals surface area contributed by atoms with Crippen molar-refractivity contribution >= 4 is 11.9 Å². The second-order valence-corrected chi connectivity index (χ2v) is 5.56. The van der Waals surface area contributed by atoms with Crippen LogP contribution in [-0.4, -0.2) is 41.1 Å². The van der Waals surface area contributed by atoms with Gasteiger partial charge in [0.2, 0.25) is 0 Å². The van der Waals surface area contributed by atoms with Gasteiger partial charge in [-0.25, -0.2) is 4.39 Å². The quantitative estimate of drug-likeness (QED) is 0.906. The molecule has 1 N–H and O–H groups in total. The smallest absolute Gasteiger partial charge is 0.303 e. The SMILES string of the molecule is CC(Oc1ccccc1F)C(=O)N1CCC(CC(=O)O)CC1. The molecule has 1 atom stereocenters. The van der Waals surface area contributed by atoms with Crippen LogP contribution in [0.2, 0.25) is 0 Å². The molecule has 1 saturated heterocycles. The number of carboxylic acid groups (broad SMARTS) is 1. The predicted octanol–water partition coefficient (Wildman–Crippen LogP) is 2.31. The van der Waals surface area contributed by atoms with E-state index in [0.29, 0.717) is 25.9 Å². The molecule has 0 saturated carbocycles. The van der Waals surface area contributed by atoms with E-state index >= 15 is 0 Å². The van der Waals surface area contributed by atoms with Crippen LogP contribution < -0.4 is 4.74 Å². The maximum absolute atomic E-state index is 13.5. The van der Waals surface area contributed by atoms with Crippen LogP contribution in [0.3, 0.4) is 0 Å². The molecule has 2 rings (SSSR count). The van der Waals surface area contributed by atoms with Crippen molar-refractivity contribution in [3.8, 4) is 5.75 Å². The van der Waals surface area contributed by atoms with Crippen molar-refractivity contribution in [1.82, 2.24) is 4.90 Å². The number of hydrogen-bond acceptors (Lipinski definition) is 3. The summed E-state index contributed by atoms with van der Waals surface area (Å²) in [5.74, 6) is -1.33. The molecule has 22 heavy (non-hydrogen) atoms. The van der Waals surface area contributed by atoms with Gasteiger partial charge in [0.05, 0.1) is 0 Å². The normalized spacial score (nSPS) is 17.1. The van der Waals surface area contributed by atoms with E-state index in [1.54, 1.807) is 24.0 Å². The summed E-state index contributed by atoms with van der Waals surface area (Å²) in [5, 5.41) is 8.78. The monoisotopic (exact) mass is 309 g/mol. The Balaban J connectivity index is 1.87. The number of ether oxygens (including phenoxy) is 1. The fourth-order valence-corrected chi connectivity index (χ4v) is 2.64. The minimum absolute atomic E-state index is 0.0594. The van der Waals surface area contributed by atoms with Gasteiger partial charge >= 0.3 is 5.97 Å². The molecule has 1 aliphatic rings. The highest BCUT2D eigenvalue weighted by molar-refractivity contribution is 5.81. The van der Waals surface area contributed by atoms with Crippen molar-refractivity contribution in [3.05, 3.63) is 30.1 Å². The Kier molecular flexibility index (Phi) is 5.35. The first kappa shape index (κ1) is 16.3. The molecule has 1 aromatic carbocycles. The number of amides is 1. The largest absolute Gasteiger partial charge is 0.481 e. The summed E-state index contributed by atoms with van der Waals surface area (Å²) in [5.41, 5.74) is 0. The molecule has 1 fully saturated rings. The van der Waals surface area contributed by atoms with Gasteiger partial charge in [0, 0.05) is 19.5 Å². The molecule has 0 bridgehead atoms. The third kappa shape index (κ3) is 4.19. The summed E-state index contributed by atoms with van der Waals surface area (Å²) >= 11 is 0. The van der Waals surface area contributed by atoms with Gasteiger partial charge in [-0.3, -0.25) is 9.59 Å². The fraction of sp³-hybridized carbons (Fsp3) is 0.500. The average molecular weight is 309 g/mol. The van der Waals surface area contributed by atoms with Crippen LogP contribution >= 0.6 is 0 Å². The van der Waals surface area contributed by atoms with Crippen molar-refractivity contribution in [3.63, 3.8) is 0 Å². The van der Waals surface area contributed by atoms with E-state index in [2.05, 4.69) is 0 Å². The first-order valence-corrected chi connectivity index (χ1v) is 7.39. The van der Waals surface area contributed by atoms with Crippen molar-refractivity contribution in [2.45, 2.75) is 32.3 Å². The molecule has 6 heteroatoms. The van der Waals surface area contributed by atoms with E-state index in [0.717, 1.165) is 0 Å². The zero-order chi connectivity index (χ0) is 16.1. The van der Waals surface area contributed by atoms with Gasteiger partial charge in [0.15, 0.2) is 17.7 Å². The van der Waals surface area contributed by atoms with E-state index in [9.17, 15) is 14.0 Å². The van der Waals surface area contributed by atoms with Crippen molar-refractivity contribution < 1.29 is 23.8 Å². The zero-order valence-electron chi connectivity index (χ0n) is 12.5. The van der Waals surface area contributed by atoms with Gasteiger partial charge in [-0.2, -0.15) is 0 Å². The van der Waals surface area contributed by atoms with E-state index in [4.69, 9.17) is 9.84 Å². The fourth-order valence-electron chi connectivity index (χ4n) is 2.64. The molecule has 1 aliphatic heterocycles. The van der Waals surface area contributed by atoms with E-state index in [1.807, 2.05) is 0 Å². The highest BCUT2D eigenvalue weighted by atomic mass is 19.1. The van der Waals surface area contributed by atoms with Crippen LogP contribution in [0.4, 0.5) is 4.39 Å². The average Bonchev–Trinajstić information content (AvgIpc) is 2.49. The predicted molar refractivity (Wildman–Crippen MR) is 78.0 cm³/mol. The molecule has 0 aromatic heterocycles. The molecule has 0 radical (unpaired) electrons. The number of carbonyl (C=O) groups is 2. The number of benzene rings is 1. The lowest BCUT2D eigenvalue weighted by Crippen LogP contribution is -2.45. The molecule has 0 aliphatic carbocycles. The maximum Gasteiger partial charge on any atom is 0.303 e. The number of piperidine rings is 1. The maximum atomic E-state index is 13.5. The second-order valence-electron chi connectivity index (χ2n) is 5.56. The van der Waals surface area contributed by atoms with Crippen LogP contribution in [0, 0.1) is 11.7 Å². The molecule has 1 amide bonds. The van der Waals surface area contributed by atoms with Crippen molar-refractivity contribution in [1.29, 1.82) is 0 Å². The van der Waals surface area contributed by atoms with Crippen LogP contribution in [0.15, 0.2) is 24.3 Å². The standard InChI is InChI=1S/C16H20FNO4/c1-11(22-14-5-3-2-4-13(14)17)16(21)18-8-6-12(7-9-18)10-15(19)20/h2-5,11-12H,6-10H2,1H3,(H,19,20). The Morgan fingerprint density at radius 3 is 2.59 bits per heavy atom. The lowest BCUT2D eigenvalue weighted by molar-refractivity contribution is -0.140. The van der Waals surface area contributed by atoms with Crippen LogP contribution in [-0.2, 0) is 9.59 Å². The summed E-state index contributed by atoms with van der Waals surface area (Å²) in [6.45, 7) is 2.63. The number of halogens is 1. The number of rotatable bonds is 5. The zero-order valence-corrected chi connectivity index (χ0v) is 12.5. The summed E-state index contributed by atoms with van der Waals surface area (Å²) < 4.78 is 18.9. The summed E-state index contributed by atoms with van der Waals surface area (Å²) in [6.07, 6.45) is 0.714. The third-order valence-corrected chi connectivity index (χ3v) is 3.88. The van der Waals surface area contributed by atoms with E-state index in [-0.39, 0.29) is 24.0 Å². The van der Waals surface area contributed by atoms with Crippen LogP contribution in [0.1, 0.15) is 26.2 Å². The molecule has 1 aromatic rings. The van der Waals surface area contributed by atoms with Gasteiger partial charge < -0.3 is 14.7 Å². The number of hydrogen-bond donors (Lipinski definition) is 1. The van der Waals surface area contributed by atoms with Gasteiger partial charge in [0.1, 0.15) is 0 Å². The number of nitrogens with zero attached hydrogens (tertiary/aromatic N) is 1. The topological polar surface area (TPSA) is 66.8 Å². The highest BCUT2D eigenvalue weighted by Gasteiger charge is 2.28. The minimum Gasteiger partial charge on any atom is -0.481 e. The Hall–Kier alpha value is -2.11. The lowest BCUT2D eigenvalue weighted by Gasteiger charge is -2.33. The van der Waals surface area contributed by atoms with Gasteiger partial charge in [-0.1, -0.05) is 12.1 Å². The molecule has 1 unspecified atom stereocenters. The molecule has 0 spiro atoms. The first-order chi connectivity index (χ1) is 10.5. The summed E-state index contributed by atoms with van der Waals surface area (Å²) in [4.78, 5) is 24.7. The summed E-state index contributed by atoms with van der Waals surface area (Å²) in [7, 11) is 0. The molecule has 120 valence electrons. The minimum atomic E-state index is -0.805. The van der Waals surface area contributed by atoms with Gasteiger partial charge in [0.25, 0.3) is 5.91 Å². The summed E-state index contributed by atoms with van der Waals surface area (Å²) in [6, 6.07) is 5.97. The molecule has 1 heterocycles. The van der Waals surface area contributed by atoms with Crippen molar-refractivity contribution in [2.24, 2.45) is 5.92 Å². The Morgan fingerprint density at radius 2 is 2.00 bits per heavy atom. The van der Waals surface area contributed by atoms with Gasteiger partial charge in [-0.15, -0.1) is 0 Å². The third-order valence-electron chi connectivity index (χ3n) is 3.88. The first-order valence-electron chi connectivity index (χ1n) is 7.39. The van der Waals surface area contributed by atoms with Crippen LogP contribution in [0.5, 0.6) is 5.75 Å². The van der Waals surface area contributed by atoms with E-state index in [1.165, 1.54) is 12.1 Å². The van der Waals surface area contributed by atoms with Crippen LogP contribution in [0.25, 0.3) is 0 Å². The molecular weight excluding hydrogens is 289 g/mol. The second kappa shape index (κ2) is 7.24. The lowest BCUT2D eigenvalue weighted by atomic mass is 9.93. The van der Waals surface area contributed by atoms with E-state index < -0.39 is 17.9 Å².